The van der Waals surface area contributed by atoms with Crippen molar-refractivity contribution in [2.75, 3.05) is 12.4 Å². The second-order valence-electron chi connectivity index (χ2n) is 5.82. The molecule has 0 radical (unpaired) electrons. The molecule has 0 spiro atoms. The molecule has 132 valence electrons. The van der Waals surface area contributed by atoms with Crippen molar-refractivity contribution in [1.82, 2.24) is 20.2 Å². The van der Waals surface area contributed by atoms with Crippen molar-refractivity contribution < 1.29 is 9.53 Å². The van der Waals surface area contributed by atoms with Gasteiger partial charge in [-0.15, -0.1) is 5.10 Å². The fourth-order valence-corrected chi connectivity index (χ4v) is 2.60. The fourth-order valence-electron chi connectivity index (χ4n) is 2.60. The molecule has 0 aliphatic rings. The van der Waals surface area contributed by atoms with E-state index in [0.29, 0.717) is 5.69 Å². The summed E-state index contributed by atoms with van der Waals surface area (Å²) in [5, 5.41) is 14.0. The standard InChI is InChI=1S/C19H19N5O2/c1-13-4-8-18(26-3)15(10-13)5-9-19(25)21-16-6-7-17(14(2)11-16)24-12-20-22-23-24/h4-12H,1-3H3,(H,21,25)/b9-5+. The molecule has 3 rings (SSSR count). The van der Waals surface area contributed by atoms with Gasteiger partial charge in [0.1, 0.15) is 12.1 Å². The Kier molecular flexibility index (Phi) is 5.07. The summed E-state index contributed by atoms with van der Waals surface area (Å²) in [6, 6.07) is 11.3. The molecule has 0 saturated carbocycles. The van der Waals surface area contributed by atoms with Crippen molar-refractivity contribution in [3.63, 3.8) is 0 Å². The highest BCUT2D eigenvalue weighted by Crippen LogP contribution is 2.21. The second-order valence-corrected chi connectivity index (χ2v) is 5.82. The number of hydrogen-bond donors (Lipinski definition) is 1. The van der Waals surface area contributed by atoms with Gasteiger partial charge in [-0.2, -0.15) is 0 Å². The molecule has 3 aromatic rings. The first-order chi connectivity index (χ1) is 12.6. The fraction of sp³-hybridized carbons (Fsp3) is 0.158. The van der Waals surface area contributed by atoms with Crippen LogP contribution in [0.2, 0.25) is 0 Å². The Balaban J connectivity index is 1.72. The highest BCUT2D eigenvalue weighted by Gasteiger charge is 2.06. The van der Waals surface area contributed by atoms with E-state index in [-0.39, 0.29) is 5.91 Å². The van der Waals surface area contributed by atoms with Gasteiger partial charge in [0.15, 0.2) is 0 Å². The lowest BCUT2D eigenvalue weighted by Crippen LogP contribution is -2.08. The first-order valence-electron chi connectivity index (χ1n) is 8.04. The Bertz CT molecular complexity index is 949. The van der Waals surface area contributed by atoms with E-state index in [9.17, 15) is 4.79 Å². The minimum Gasteiger partial charge on any atom is -0.496 e. The monoisotopic (exact) mass is 349 g/mol. The molecule has 7 heteroatoms. The number of aryl methyl sites for hydroxylation is 2. The highest BCUT2D eigenvalue weighted by molar-refractivity contribution is 6.02. The zero-order valence-electron chi connectivity index (χ0n) is 14.8. The molecule has 2 aromatic carbocycles. The van der Waals surface area contributed by atoms with E-state index in [4.69, 9.17) is 4.74 Å². The quantitative estimate of drug-likeness (QED) is 0.716. The average Bonchev–Trinajstić information content (AvgIpc) is 3.14. The van der Waals surface area contributed by atoms with E-state index >= 15 is 0 Å². The molecule has 0 bridgehead atoms. The van der Waals surface area contributed by atoms with E-state index < -0.39 is 0 Å². The molecule has 0 unspecified atom stereocenters. The Hall–Kier alpha value is -3.48. The number of anilines is 1. The molecule has 1 aromatic heterocycles. The van der Waals surface area contributed by atoms with Crippen molar-refractivity contribution in [3.8, 4) is 11.4 Å². The number of rotatable bonds is 5. The Morgan fingerprint density at radius 1 is 1.19 bits per heavy atom. The summed E-state index contributed by atoms with van der Waals surface area (Å²) in [5.74, 6) is 0.504. The predicted molar refractivity (Wildman–Crippen MR) is 99.3 cm³/mol. The summed E-state index contributed by atoms with van der Waals surface area (Å²) in [6.07, 6.45) is 4.75. The van der Waals surface area contributed by atoms with Crippen LogP contribution in [0.4, 0.5) is 5.69 Å². The minimum atomic E-state index is -0.219. The van der Waals surface area contributed by atoms with Gasteiger partial charge in [0.25, 0.3) is 0 Å². The van der Waals surface area contributed by atoms with Crippen LogP contribution in [0, 0.1) is 13.8 Å². The van der Waals surface area contributed by atoms with Gasteiger partial charge >= 0.3 is 0 Å². The van der Waals surface area contributed by atoms with Crippen LogP contribution in [-0.2, 0) is 4.79 Å². The van der Waals surface area contributed by atoms with Gasteiger partial charge in [0, 0.05) is 17.3 Å². The zero-order chi connectivity index (χ0) is 18.5. The van der Waals surface area contributed by atoms with Gasteiger partial charge in [-0.3, -0.25) is 4.79 Å². The normalized spacial score (nSPS) is 10.9. The number of aromatic nitrogens is 4. The van der Waals surface area contributed by atoms with Crippen LogP contribution in [0.15, 0.2) is 48.8 Å². The van der Waals surface area contributed by atoms with Crippen LogP contribution in [0.25, 0.3) is 11.8 Å². The second kappa shape index (κ2) is 7.60. The van der Waals surface area contributed by atoms with Gasteiger partial charge < -0.3 is 10.1 Å². The molecule has 0 saturated heterocycles. The first kappa shape index (κ1) is 17.3. The Labute approximate surface area is 151 Å². The predicted octanol–water partition coefficient (Wildman–Crippen LogP) is 2.94. The Morgan fingerprint density at radius 2 is 2.04 bits per heavy atom. The van der Waals surface area contributed by atoms with E-state index in [1.165, 1.54) is 12.4 Å². The van der Waals surface area contributed by atoms with Crippen molar-refractivity contribution in [1.29, 1.82) is 0 Å². The number of nitrogens with zero attached hydrogens (tertiary/aromatic N) is 4. The third kappa shape index (κ3) is 3.94. The third-order valence-corrected chi connectivity index (χ3v) is 3.86. The molecule has 26 heavy (non-hydrogen) atoms. The van der Waals surface area contributed by atoms with Gasteiger partial charge in [-0.25, -0.2) is 4.68 Å². The van der Waals surface area contributed by atoms with E-state index in [1.807, 2.05) is 50.2 Å². The molecular weight excluding hydrogens is 330 g/mol. The number of methoxy groups -OCH3 is 1. The number of hydrogen-bond acceptors (Lipinski definition) is 5. The summed E-state index contributed by atoms with van der Waals surface area (Å²) >= 11 is 0. The lowest BCUT2D eigenvalue weighted by Gasteiger charge is -2.08. The third-order valence-electron chi connectivity index (χ3n) is 3.86. The summed E-state index contributed by atoms with van der Waals surface area (Å²) in [4.78, 5) is 12.2. The number of tetrazole rings is 1. The van der Waals surface area contributed by atoms with Crippen molar-refractivity contribution in [2.45, 2.75) is 13.8 Å². The van der Waals surface area contributed by atoms with Crippen LogP contribution in [0.5, 0.6) is 5.75 Å². The molecule has 0 fully saturated rings. The maximum Gasteiger partial charge on any atom is 0.248 e. The number of carbonyl (C=O) groups is 1. The number of ether oxygens (including phenoxy) is 1. The lowest BCUT2D eigenvalue weighted by atomic mass is 10.1. The molecule has 0 aliphatic heterocycles. The van der Waals surface area contributed by atoms with Crippen LogP contribution in [0.3, 0.4) is 0 Å². The number of carbonyl (C=O) groups excluding carboxylic acids is 1. The van der Waals surface area contributed by atoms with Crippen LogP contribution >= 0.6 is 0 Å². The zero-order valence-corrected chi connectivity index (χ0v) is 14.8. The van der Waals surface area contributed by atoms with E-state index in [1.54, 1.807) is 17.9 Å². The van der Waals surface area contributed by atoms with Gasteiger partial charge in [-0.05, 0) is 66.2 Å². The minimum absolute atomic E-state index is 0.219. The summed E-state index contributed by atoms with van der Waals surface area (Å²) < 4.78 is 6.89. The van der Waals surface area contributed by atoms with E-state index in [2.05, 4.69) is 20.8 Å². The van der Waals surface area contributed by atoms with Crippen LogP contribution < -0.4 is 10.1 Å². The molecule has 1 heterocycles. The molecule has 7 nitrogen and oxygen atoms in total. The SMILES string of the molecule is COc1ccc(C)cc1/C=C/C(=O)Nc1ccc(-n2cnnn2)c(C)c1. The maximum atomic E-state index is 12.2. The van der Waals surface area contributed by atoms with Gasteiger partial charge in [-0.1, -0.05) is 11.6 Å². The topological polar surface area (TPSA) is 81.9 Å². The van der Waals surface area contributed by atoms with Crippen molar-refractivity contribution in [3.05, 3.63) is 65.5 Å². The number of nitrogens with one attached hydrogen (secondary N) is 1. The largest absolute Gasteiger partial charge is 0.496 e. The van der Waals surface area contributed by atoms with Crippen molar-refractivity contribution >= 4 is 17.7 Å². The molecule has 0 aliphatic carbocycles. The average molecular weight is 349 g/mol. The maximum absolute atomic E-state index is 12.2. The molecule has 0 atom stereocenters. The molecule has 1 N–H and O–H groups in total. The summed E-state index contributed by atoms with van der Waals surface area (Å²) in [6.45, 7) is 3.92. The van der Waals surface area contributed by atoms with Crippen LogP contribution in [0.1, 0.15) is 16.7 Å². The number of benzene rings is 2. The summed E-state index contributed by atoms with van der Waals surface area (Å²) in [7, 11) is 1.61. The van der Waals surface area contributed by atoms with Gasteiger partial charge in [0.2, 0.25) is 5.91 Å². The van der Waals surface area contributed by atoms with E-state index in [0.717, 1.165) is 28.1 Å². The summed E-state index contributed by atoms with van der Waals surface area (Å²) in [5.41, 5.74) is 4.45. The van der Waals surface area contributed by atoms with Crippen molar-refractivity contribution in [2.24, 2.45) is 0 Å². The first-order valence-corrected chi connectivity index (χ1v) is 8.04. The number of amides is 1. The highest BCUT2D eigenvalue weighted by atomic mass is 16.5. The lowest BCUT2D eigenvalue weighted by molar-refractivity contribution is -0.111. The van der Waals surface area contributed by atoms with Crippen LogP contribution in [-0.4, -0.2) is 33.2 Å². The molecular formula is C19H19N5O2. The smallest absolute Gasteiger partial charge is 0.248 e. The van der Waals surface area contributed by atoms with Gasteiger partial charge in [0.05, 0.1) is 12.8 Å². The Morgan fingerprint density at radius 3 is 2.73 bits per heavy atom. The molecule has 1 amide bonds.